The summed E-state index contributed by atoms with van der Waals surface area (Å²) < 4.78 is 1.16. The molecule has 0 spiro atoms. The van der Waals surface area contributed by atoms with E-state index in [-0.39, 0.29) is 0 Å². The van der Waals surface area contributed by atoms with E-state index in [4.69, 9.17) is 0 Å². The van der Waals surface area contributed by atoms with Gasteiger partial charge in [-0.05, 0) is 51.4 Å². The van der Waals surface area contributed by atoms with Crippen molar-refractivity contribution in [3.63, 3.8) is 0 Å². The fourth-order valence-corrected chi connectivity index (χ4v) is 3.04. The third-order valence-corrected chi connectivity index (χ3v) is 4.28. The Kier molecular flexibility index (Phi) is 4.82. The Labute approximate surface area is 119 Å². The van der Waals surface area contributed by atoms with E-state index in [1.165, 1.54) is 25.1 Å². The van der Waals surface area contributed by atoms with Crippen LogP contribution in [0.1, 0.15) is 38.8 Å². The maximum atomic E-state index is 3.74. The van der Waals surface area contributed by atoms with E-state index in [9.17, 15) is 0 Å². The normalized spacial score (nSPS) is 22.6. The molecule has 1 aromatic rings. The lowest BCUT2D eigenvalue weighted by atomic mass is 10.1. The van der Waals surface area contributed by atoms with Gasteiger partial charge in [0.1, 0.15) is 0 Å². The van der Waals surface area contributed by atoms with Gasteiger partial charge in [-0.15, -0.1) is 0 Å². The second kappa shape index (κ2) is 6.18. The highest BCUT2D eigenvalue weighted by Crippen LogP contribution is 2.20. The predicted molar refractivity (Wildman–Crippen MR) is 80.8 cm³/mol. The van der Waals surface area contributed by atoms with Gasteiger partial charge in [-0.1, -0.05) is 28.1 Å². The molecule has 2 atom stereocenters. The molecule has 1 aliphatic rings. The standard InChI is InChI=1S/C15H23BrN2/c1-11(2)18-8-7-15(10-18)17-12(3)13-5-4-6-14(16)9-13/h4-6,9,11-12,15,17H,7-8,10H2,1-3H3/t12-,15?/m1/s1. The Hall–Kier alpha value is -0.380. The molecule has 2 rings (SSSR count). The topological polar surface area (TPSA) is 15.3 Å². The third kappa shape index (κ3) is 3.56. The molecule has 1 fully saturated rings. The lowest BCUT2D eigenvalue weighted by Crippen LogP contribution is -2.36. The summed E-state index contributed by atoms with van der Waals surface area (Å²) in [5.41, 5.74) is 1.35. The summed E-state index contributed by atoms with van der Waals surface area (Å²) in [6.07, 6.45) is 1.26. The minimum atomic E-state index is 0.416. The van der Waals surface area contributed by atoms with Gasteiger partial charge in [-0.2, -0.15) is 0 Å². The Balaban J connectivity index is 1.90. The van der Waals surface area contributed by atoms with Gasteiger partial charge in [0.15, 0.2) is 0 Å². The molecular formula is C15H23BrN2. The van der Waals surface area contributed by atoms with E-state index in [1.807, 2.05) is 0 Å². The second-order valence-electron chi connectivity index (χ2n) is 5.52. The number of halogens is 1. The molecule has 1 heterocycles. The van der Waals surface area contributed by atoms with Crippen molar-refractivity contribution in [2.24, 2.45) is 0 Å². The van der Waals surface area contributed by atoms with Crippen molar-refractivity contribution in [3.05, 3.63) is 34.3 Å². The van der Waals surface area contributed by atoms with Crippen LogP contribution >= 0.6 is 15.9 Å². The molecule has 1 aromatic carbocycles. The molecule has 0 aliphatic carbocycles. The zero-order valence-corrected chi connectivity index (χ0v) is 13.1. The molecule has 0 radical (unpaired) electrons. The Morgan fingerprint density at radius 3 is 2.72 bits per heavy atom. The minimum Gasteiger partial charge on any atom is -0.306 e. The van der Waals surface area contributed by atoms with Crippen molar-refractivity contribution < 1.29 is 0 Å². The monoisotopic (exact) mass is 310 g/mol. The predicted octanol–water partition coefficient (Wildman–Crippen LogP) is 3.58. The molecule has 2 nitrogen and oxygen atoms in total. The number of benzene rings is 1. The fraction of sp³-hybridized carbons (Fsp3) is 0.600. The molecule has 1 N–H and O–H groups in total. The van der Waals surface area contributed by atoms with Gasteiger partial charge in [0.25, 0.3) is 0 Å². The first-order valence-electron chi connectivity index (χ1n) is 6.82. The molecular weight excluding hydrogens is 288 g/mol. The number of hydrogen-bond donors (Lipinski definition) is 1. The molecule has 1 unspecified atom stereocenters. The van der Waals surface area contributed by atoms with Crippen LogP contribution in [0, 0.1) is 0 Å². The summed E-state index contributed by atoms with van der Waals surface area (Å²) in [7, 11) is 0. The molecule has 0 saturated carbocycles. The van der Waals surface area contributed by atoms with Crippen LogP contribution < -0.4 is 5.32 Å². The van der Waals surface area contributed by atoms with E-state index in [1.54, 1.807) is 0 Å². The summed E-state index contributed by atoms with van der Waals surface area (Å²) in [4.78, 5) is 2.55. The maximum Gasteiger partial charge on any atom is 0.0295 e. The van der Waals surface area contributed by atoms with Gasteiger partial charge < -0.3 is 5.32 Å². The third-order valence-electron chi connectivity index (χ3n) is 3.78. The summed E-state index contributed by atoms with van der Waals surface area (Å²) in [5, 5.41) is 3.74. The Morgan fingerprint density at radius 1 is 1.33 bits per heavy atom. The Bertz CT molecular complexity index is 392. The van der Waals surface area contributed by atoms with Gasteiger partial charge in [0.05, 0.1) is 0 Å². The van der Waals surface area contributed by atoms with Crippen molar-refractivity contribution >= 4 is 15.9 Å². The second-order valence-corrected chi connectivity index (χ2v) is 6.43. The van der Waals surface area contributed by atoms with E-state index < -0.39 is 0 Å². The van der Waals surface area contributed by atoms with Crippen LogP contribution in [-0.2, 0) is 0 Å². The lowest BCUT2D eigenvalue weighted by molar-refractivity contribution is 0.266. The zero-order valence-electron chi connectivity index (χ0n) is 11.5. The highest BCUT2D eigenvalue weighted by atomic mass is 79.9. The van der Waals surface area contributed by atoms with Crippen LogP contribution in [0.15, 0.2) is 28.7 Å². The summed E-state index contributed by atoms with van der Waals surface area (Å²) in [6, 6.07) is 10.3. The number of nitrogens with zero attached hydrogens (tertiary/aromatic N) is 1. The van der Waals surface area contributed by atoms with Crippen LogP contribution in [0.25, 0.3) is 0 Å². The lowest BCUT2D eigenvalue weighted by Gasteiger charge is -2.23. The van der Waals surface area contributed by atoms with Gasteiger partial charge >= 0.3 is 0 Å². The van der Waals surface area contributed by atoms with Gasteiger partial charge in [0, 0.05) is 29.1 Å². The summed E-state index contributed by atoms with van der Waals surface area (Å²) in [5.74, 6) is 0. The number of nitrogens with one attached hydrogen (secondary N) is 1. The first-order valence-corrected chi connectivity index (χ1v) is 7.61. The van der Waals surface area contributed by atoms with E-state index in [0.29, 0.717) is 18.1 Å². The van der Waals surface area contributed by atoms with Crippen LogP contribution in [0.3, 0.4) is 0 Å². The summed E-state index contributed by atoms with van der Waals surface area (Å²) in [6.45, 7) is 9.20. The average Bonchev–Trinajstić information content (AvgIpc) is 2.77. The van der Waals surface area contributed by atoms with E-state index in [2.05, 4.69) is 71.2 Å². The molecule has 100 valence electrons. The molecule has 0 bridgehead atoms. The smallest absolute Gasteiger partial charge is 0.0295 e. The molecule has 1 saturated heterocycles. The van der Waals surface area contributed by atoms with Crippen molar-refractivity contribution in [1.82, 2.24) is 10.2 Å². The first kappa shape index (κ1) is 14.0. The SMILES string of the molecule is CC(C)N1CCC(N[C@H](C)c2cccc(Br)c2)C1. The molecule has 18 heavy (non-hydrogen) atoms. The fourth-order valence-electron chi connectivity index (χ4n) is 2.62. The zero-order chi connectivity index (χ0) is 13.1. The molecule has 0 aromatic heterocycles. The van der Waals surface area contributed by atoms with Crippen LogP contribution in [0.4, 0.5) is 0 Å². The Morgan fingerprint density at radius 2 is 2.11 bits per heavy atom. The van der Waals surface area contributed by atoms with Crippen molar-refractivity contribution in [2.45, 2.75) is 45.3 Å². The van der Waals surface area contributed by atoms with Gasteiger partial charge in [-0.3, -0.25) is 4.90 Å². The van der Waals surface area contributed by atoms with Crippen LogP contribution in [0.2, 0.25) is 0 Å². The number of hydrogen-bond acceptors (Lipinski definition) is 2. The van der Waals surface area contributed by atoms with E-state index in [0.717, 1.165) is 4.47 Å². The quantitative estimate of drug-likeness (QED) is 0.914. The van der Waals surface area contributed by atoms with Crippen molar-refractivity contribution in [1.29, 1.82) is 0 Å². The highest BCUT2D eigenvalue weighted by molar-refractivity contribution is 9.10. The molecule has 1 aliphatic heterocycles. The minimum absolute atomic E-state index is 0.416. The summed E-state index contributed by atoms with van der Waals surface area (Å²) >= 11 is 3.54. The maximum absolute atomic E-state index is 3.74. The van der Waals surface area contributed by atoms with Crippen molar-refractivity contribution in [3.8, 4) is 0 Å². The molecule has 3 heteroatoms. The van der Waals surface area contributed by atoms with Crippen LogP contribution in [-0.4, -0.2) is 30.1 Å². The average molecular weight is 311 g/mol. The van der Waals surface area contributed by atoms with Gasteiger partial charge in [0.2, 0.25) is 0 Å². The number of likely N-dealkylation sites (tertiary alicyclic amines) is 1. The largest absolute Gasteiger partial charge is 0.306 e. The first-order chi connectivity index (χ1) is 8.56. The van der Waals surface area contributed by atoms with Crippen molar-refractivity contribution in [2.75, 3.05) is 13.1 Å². The van der Waals surface area contributed by atoms with E-state index >= 15 is 0 Å². The molecule has 0 amide bonds. The number of rotatable bonds is 4. The van der Waals surface area contributed by atoms with Crippen LogP contribution in [0.5, 0.6) is 0 Å². The van der Waals surface area contributed by atoms with Gasteiger partial charge in [-0.25, -0.2) is 0 Å². The highest BCUT2D eigenvalue weighted by Gasteiger charge is 2.25.